The van der Waals surface area contributed by atoms with E-state index in [9.17, 15) is 14.4 Å². The highest BCUT2D eigenvalue weighted by Gasteiger charge is 2.19. The summed E-state index contributed by atoms with van der Waals surface area (Å²) in [6, 6.07) is 0. The minimum atomic E-state index is -0.771. The first-order valence-corrected chi connectivity index (χ1v) is 23.0. The summed E-state index contributed by atoms with van der Waals surface area (Å²) in [5.41, 5.74) is 0. The van der Waals surface area contributed by atoms with Crippen molar-refractivity contribution in [1.29, 1.82) is 0 Å². The summed E-state index contributed by atoms with van der Waals surface area (Å²) in [5.74, 6) is -0.891. The summed E-state index contributed by atoms with van der Waals surface area (Å²) in [6.45, 7) is 6.49. The number of hydrogen-bond donors (Lipinski definition) is 0. The zero-order valence-corrected chi connectivity index (χ0v) is 35.7. The Kier molecular flexibility index (Phi) is 41.5. The lowest BCUT2D eigenvalue weighted by atomic mass is 10.0. The number of ether oxygens (including phenoxy) is 3. The third-order valence-corrected chi connectivity index (χ3v) is 9.91. The highest BCUT2D eigenvalue weighted by Crippen LogP contribution is 2.15. The number of allylic oxidation sites excluding steroid dienone is 6. The lowest BCUT2D eigenvalue weighted by Gasteiger charge is -2.18. The number of unbranched alkanes of at least 4 members (excludes halogenated alkanes) is 24. The van der Waals surface area contributed by atoms with Gasteiger partial charge in [0, 0.05) is 19.3 Å². The van der Waals surface area contributed by atoms with E-state index in [4.69, 9.17) is 14.2 Å². The first-order valence-electron chi connectivity index (χ1n) is 23.0. The molecule has 0 heterocycles. The number of carbonyl (C=O) groups excluding carboxylic acids is 3. The first kappa shape index (κ1) is 51.6. The van der Waals surface area contributed by atoms with Crippen LogP contribution >= 0.6 is 0 Å². The number of carbonyl (C=O) groups is 3. The summed E-state index contributed by atoms with van der Waals surface area (Å²) in [4.78, 5) is 37.7. The Hall–Kier alpha value is -2.37. The fraction of sp³-hybridized carbons (Fsp3) is 0.812. The van der Waals surface area contributed by atoms with Gasteiger partial charge in [0.05, 0.1) is 0 Å². The van der Waals surface area contributed by atoms with Gasteiger partial charge in [-0.3, -0.25) is 14.4 Å². The van der Waals surface area contributed by atoms with E-state index in [0.29, 0.717) is 19.3 Å². The topological polar surface area (TPSA) is 78.9 Å². The third kappa shape index (κ3) is 40.8. The molecule has 0 spiro atoms. The summed E-state index contributed by atoms with van der Waals surface area (Å²) >= 11 is 0. The molecule has 314 valence electrons. The quantitative estimate of drug-likeness (QED) is 0.0267. The largest absolute Gasteiger partial charge is 0.462 e. The van der Waals surface area contributed by atoms with Crippen LogP contribution < -0.4 is 0 Å². The molecule has 0 N–H and O–H groups in total. The molecule has 0 aromatic carbocycles. The molecule has 0 saturated carbocycles. The minimum Gasteiger partial charge on any atom is -0.462 e. The number of esters is 3. The molecule has 0 aromatic rings. The van der Waals surface area contributed by atoms with E-state index >= 15 is 0 Å². The van der Waals surface area contributed by atoms with Crippen LogP contribution in [0.5, 0.6) is 0 Å². The van der Waals surface area contributed by atoms with Gasteiger partial charge in [-0.2, -0.15) is 0 Å². The molecule has 0 unspecified atom stereocenters. The Morgan fingerprint density at radius 1 is 0.389 bits per heavy atom. The molecule has 6 heteroatoms. The van der Waals surface area contributed by atoms with E-state index in [0.717, 1.165) is 96.3 Å². The molecule has 0 aliphatic carbocycles. The molecular formula is C48H86O6. The molecule has 0 aliphatic rings. The van der Waals surface area contributed by atoms with Gasteiger partial charge in [-0.1, -0.05) is 198 Å². The van der Waals surface area contributed by atoms with Gasteiger partial charge in [-0.05, 0) is 51.4 Å². The van der Waals surface area contributed by atoms with Crippen LogP contribution in [-0.4, -0.2) is 37.2 Å². The van der Waals surface area contributed by atoms with Crippen molar-refractivity contribution in [3.05, 3.63) is 36.5 Å². The van der Waals surface area contributed by atoms with Crippen LogP contribution in [0.4, 0.5) is 0 Å². The average Bonchev–Trinajstić information content (AvgIpc) is 3.17. The van der Waals surface area contributed by atoms with Crippen LogP contribution in [0.1, 0.15) is 233 Å². The average molecular weight is 759 g/mol. The number of hydrogen-bond acceptors (Lipinski definition) is 6. The lowest BCUT2D eigenvalue weighted by molar-refractivity contribution is -0.167. The van der Waals surface area contributed by atoms with Crippen molar-refractivity contribution >= 4 is 17.9 Å². The van der Waals surface area contributed by atoms with Gasteiger partial charge in [0.2, 0.25) is 0 Å². The van der Waals surface area contributed by atoms with Crippen LogP contribution in [-0.2, 0) is 28.6 Å². The molecule has 0 amide bonds. The fourth-order valence-corrected chi connectivity index (χ4v) is 6.46. The summed E-state index contributed by atoms with van der Waals surface area (Å²) < 4.78 is 16.7. The van der Waals surface area contributed by atoms with Crippen molar-refractivity contribution in [2.75, 3.05) is 13.2 Å². The fourth-order valence-electron chi connectivity index (χ4n) is 6.46. The molecule has 0 bridgehead atoms. The highest BCUT2D eigenvalue weighted by molar-refractivity contribution is 5.71. The first-order chi connectivity index (χ1) is 26.5. The van der Waals surface area contributed by atoms with Gasteiger partial charge >= 0.3 is 17.9 Å². The second-order valence-electron chi connectivity index (χ2n) is 15.3. The summed E-state index contributed by atoms with van der Waals surface area (Å²) in [5, 5.41) is 0. The van der Waals surface area contributed by atoms with Gasteiger partial charge in [0.15, 0.2) is 6.10 Å². The van der Waals surface area contributed by atoms with E-state index in [1.165, 1.54) is 96.3 Å². The normalized spacial score (nSPS) is 12.3. The molecule has 0 saturated heterocycles. The predicted molar refractivity (Wildman–Crippen MR) is 229 cm³/mol. The maximum absolute atomic E-state index is 12.7. The maximum Gasteiger partial charge on any atom is 0.306 e. The number of rotatable bonds is 41. The van der Waals surface area contributed by atoms with Crippen molar-refractivity contribution in [3.8, 4) is 0 Å². The van der Waals surface area contributed by atoms with Crippen molar-refractivity contribution in [2.45, 2.75) is 239 Å². The monoisotopic (exact) mass is 759 g/mol. The predicted octanol–water partition coefficient (Wildman–Crippen LogP) is 14.6. The molecule has 0 aliphatic heterocycles. The lowest BCUT2D eigenvalue weighted by Crippen LogP contribution is -2.30. The van der Waals surface area contributed by atoms with Crippen molar-refractivity contribution in [2.24, 2.45) is 0 Å². The molecule has 54 heavy (non-hydrogen) atoms. The minimum absolute atomic E-state index is 0.0746. The van der Waals surface area contributed by atoms with E-state index < -0.39 is 6.10 Å². The van der Waals surface area contributed by atoms with Crippen LogP contribution in [0.25, 0.3) is 0 Å². The second kappa shape index (κ2) is 43.4. The molecule has 0 aromatic heterocycles. The summed E-state index contributed by atoms with van der Waals surface area (Å²) in [7, 11) is 0. The standard InChI is InChI=1S/C48H86O6/c1-4-7-10-13-16-19-21-23-24-25-27-29-32-35-38-41-47(50)53-44-45(43-52-46(49)40-37-34-31-28-18-15-12-9-6-3)54-48(51)42-39-36-33-30-26-22-20-17-14-11-8-5-2/h7,10,16,19,23-24,45H,4-6,8-9,11-15,17-18,20-22,25-44H2,1-3H3/b10-7-,19-16-,24-23-/t45-/m1/s1. The molecular weight excluding hydrogens is 673 g/mol. The summed E-state index contributed by atoms with van der Waals surface area (Å²) in [6.07, 6.45) is 48.4. The molecule has 1 atom stereocenters. The Balaban J connectivity index is 4.36. The highest BCUT2D eigenvalue weighted by atomic mass is 16.6. The van der Waals surface area contributed by atoms with Crippen molar-refractivity contribution in [3.63, 3.8) is 0 Å². The Morgan fingerprint density at radius 2 is 0.722 bits per heavy atom. The van der Waals surface area contributed by atoms with Gasteiger partial charge in [0.1, 0.15) is 13.2 Å². The molecule has 0 fully saturated rings. The van der Waals surface area contributed by atoms with Gasteiger partial charge in [0.25, 0.3) is 0 Å². The zero-order valence-electron chi connectivity index (χ0n) is 35.7. The molecule has 0 radical (unpaired) electrons. The zero-order chi connectivity index (χ0) is 39.4. The third-order valence-electron chi connectivity index (χ3n) is 9.91. The van der Waals surface area contributed by atoms with Crippen molar-refractivity contribution < 1.29 is 28.6 Å². The van der Waals surface area contributed by atoms with E-state index in [-0.39, 0.29) is 31.1 Å². The smallest absolute Gasteiger partial charge is 0.306 e. The Labute approximate surface area is 334 Å². The van der Waals surface area contributed by atoms with E-state index in [1.807, 2.05) is 0 Å². The van der Waals surface area contributed by atoms with Crippen molar-refractivity contribution in [1.82, 2.24) is 0 Å². The van der Waals surface area contributed by atoms with Gasteiger partial charge in [-0.15, -0.1) is 0 Å². The van der Waals surface area contributed by atoms with Crippen LogP contribution in [0.15, 0.2) is 36.5 Å². The van der Waals surface area contributed by atoms with Crippen LogP contribution in [0.2, 0.25) is 0 Å². The van der Waals surface area contributed by atoms with Gasteiger partial charge < -0.3 is 14.2 Å². The Bertz CT molecular complexity index is 922. The molecule has 6 nitrogen and oxygen atoms in total. The van der Waals surface area contributed by atoms with E-state index in [2.05, 4.69) is 57.2 Å². The SMILES string of the molecule is CC/C=C\C/C=C\C/C=C\CCCCCCCC(=O)OC[C@@H](COC(=O)CCCCCCCCCCC)OC(=O)CCCCCCCCCCCCCC. The molecule has 0 rings (SSSR count). The van der Waals surface area contributed by atoms with Crippen LogP contribution in [0.3, 0.4) is 0 Å². The second-order valence-corrected chi connectivity index (χ2v) is 15.3. The van der Waals surface area contributed by atoms with E-state index in [1.54, 1.807) is 0 Å². The Morgan fingerprint density at radius 3 is 1.13 bits per heavy atom. The van der Waals surface area contributed by atoms with Gasteiger partial charge in [-0.25, -0.2) is 0 Å². The van der Waals surface area contributed by atoms with Crippen LogP contribution in [0, 0.1) is 0 Å². The maximum atomic E-state index is 12.7.